The maximum atomic E-state index is 12.9. The van der Waals surface area contributed by atoms with Gasteiger partial charge in [-0.25, -0.2) is 0 Å². The fraction of sp³-hybridized carbons (Fsp3) is 0.0800. The van der Waals surface area contributed by atoms with Gasteiger partial charge in [-0.15, -0.1) is 0 Å². The summed E-state index contributed by atoms with van der Waals surface area (Å²) in [6.07, 6.45) is 1.57. The number of carbonyl (C=O) groups excluding carboxylic acids is 2. The van der Waals surface area contributed by atoms with E-state index in [1.54, 1.807) is 54.6 Å². The third kappa shape index (κ3) is 5.60. The largest absolute Gasteiger partial charge is 0.486 e. The van der Waals surface area contributed by atoms with Crippen LogP contribution in [-0.4, -0.2) is 21.0 Å². The number of carbonyl (C=O) groups is 2. The average Bonchev–Trinajstić information content (AvgIpc) is 3.11. The molecule has 0 bridgehead atoms. The zero-order chi connectivity index (χ0) is 25.8. The lowest BCUT2D eigenvalue weighted by Gasteiger charge is -2.13. The first-order chi connectivity index (χ1) is 17.3. The summed E-state index contributed by atoms with van der Waals surface area (Å²) in [6.45, 7) is 0.143. The van der Waals surface area contributed by atoms with Crippen molar-refractivity contribution in [2.24, 2.45) is 0 Å². The highest BCUT2D eigenvalue weighted by atomic mass is 79.9. The number of nitro groups is 1. The van der Waals surface area contributed by atoms with Crippen LogP contribution in [0, 0.1) is 21.4 Å². The molecule has 1 fully saturated rings. The summed E-state index contributed by atoms with van der Waals surface area (Å²) >= 11 is 10.7. The second kappa shape index (κ2) is 11.0. The predicted octanol–water partition coefficient (Wildman–Crippen LogP) is 6.70. The number of imide groups is 1. The number of hydrogen-bond acceptors (Lipinski definition) is 7. The number of rotatable bonds is 7. The van der Waals surface area contributed by atoms with Crippen molar-refractivity contribution in [3.05, 3.63) is 107 Å². The maximum absolute atomic E-state index is 12.9. The van der Waals surface area contributed by atoms with Crippen molar-refractivity contribution in [1.82, 2.24) is 4.90 Å². The molecule has 1 aliphatic rings. The van der Waals surface area contributed by atoms with E-state index in [1.807, 2.05) is 0 Å². The lowest BCUT2D eigenvalue weighted by Crippen LogP contribution is -2.27. The highest BCUT2D eigenvalue weighted by Gasteiger charge is 2.35. The molecule has 0 aliphatic carbocycles. The summed E-state index contributed by atoms with van der Waals surface area (Å²) in [7, 11) is 0. The van der Waals surface area contributed by atoms with Crippen LogP contribution in [0.2, 0.25) is 5.02 Å². The summed E-state index contributed by atoms with van der Waals surface area (Å²) in [5.74, 6) is -0.0862. The van der Waals surface area contributed by atoms with Crippen LogP contribution in [0.4, 0.5) is 10.5 Å². The van der Waals surface area contributed by atoms with Crippen molar-refractivity contribution in [3.8, 4) is 11.8 Å². The Hall–Kier alpha value is -3.65. The van der Waals surface area contributed by atoms with Gasteiger partial charge in [0, 0.05) is 12.1 Å². The van der Waals surface area contributed by atoms with Gasteiger partial charge in [-0.05, 0) is 80.8 Å². The Morgan fingerprint density at radius 1 is 1.17 bits per heavy atom. The van der Waals surface area contributed by atoms with Crippen LogP contribution in [0.3, 0.4) is 0 Å². The Labute approximate surface area is 223 Å². The Balaban J connectivity index is 1.49. The molecule has 8 nitrogen and oxygen atoms in total. The minimum absolute atomic E-state index is 0.00557. The number of nitrogens with zero attached hydrogens (tertiary/aromatic N) is 3. The molecule has 1 saturated heterocycles. The number of nitriles is 1. The molecule has 0 unspecified atom stereocenters. The fourth-order valence-corrected chi connectivity index (χ4v) is 5.22. The topological polar surface area (TPSA) is 114 Å². The van der Waals surface area contributed by atoms with Crippen molar-refractivity contribution in [2.45, 2.75) is 13.2 Å². The normalized spacial score (nSPS) is 14.2. The first-order valence-electron chi connectivity index (χ1n) is 10.4. The Bertz CT molecular complexity index is 1430. The van der Waals surface area contributed by atoms with Gasteiger partial charge in [0.05, 0.1) is 37.5 Å². The molecule has 0 spiro atoms. The fourth-order valence-electron chi connectivity index (χ4n) is 3.40. The predicted molar refractivity (Wildman–Crippen MR) is 139 cm³/mol. The van der Waals surface area contributed by atoms with Crippen LogP contribution in [0.1, 0.15) is 22.3 Å². The number of halogens is 2. The highest BCUT2D eigenvalue weighted by molar-refractivity contribution is 9.10. The molecule has 3 aromatic carbocycles. The van der Waals surface area contributed by atoms with E-state index in [4.69, 9.17) is 16.3 Å². The molecule has 4 rings (SSSR count). The summed E-state index contributed by atoms with van der Waals surface area (Å²) in [5, 5.41) is 19.9. The summed E-state index contributed by atoms with van der Waals surface area (Å²) in [4.78, 5) is 37.1. The van der Waals surface area contributed by atoms with Gasteiger partial charge in [0.1, 0.15) is 6.61 Å². The molecular formula is C25H15BrClN3O5S. The molecule has 11 heteroatoms. The van der Waals surface area contributed by atoms with Crippen LogP contribution in [0.5, 0.6) is 5.75 Å². The average molecular weight is 585 g/mol. The third-order valence-electron chi connectivity index (χ3n) is 5.19. The van der Waals surface area contributed by atoms with Crippen LogP contribution in [-0.2, 0) is 17.9 Å². The minimum Gasteiger partial charge on any atom is -0.486 e. The summed E-state index contributed by atoms with van der Waals surface area (Å²) in [6, 6.07) is 18.2. The number of ether oxygens (including phenoxy) is 1. The third-order valence-corrected chi connectivity index (χ3v) is 6.97. The van der Waals surface area contributed by atoms with E-state index in [1.165, 1.54) is 12.1 Å². The van der Waals surface area contributed by atoms with Gasteiger partial charge in [0.25, 0.3) is 16.8 Å². The standard InChI is InChI=1S/C25H15BrClN3O5S/c26-20-9-16(10-21(27)23(20)35-14-15-5-7-19(8-6-15)30(33)34)11-22-24(31)29(25(32)36-22)13-18-4-2-1-3-17(18)12-28/h1-11H,13-14H2/b22-11+. The summed E-state index contributed by atoms with van der Waals surface area (Å²) < 4.78 is 6.32. The molecule has 0 aromatic heterocycles. The smallest absolute Gasteiger partial charge is 0.293 e. The molecule has 0 saturated carbocycles. The van der Waals surface area contributed by atoms with Crippen LogP contribution in [0.15, 0.2) is 70.0 Å². The van der Waals surface area contributed by atoms with Gasteiger partial charge in [-0.1, -0.05) is 29.8 Å². The maximum Gasteiger partial charge on any atom is 0.293 e. The lowest BCUT2D eigenvalue weighted by atomic mass is 10.1. The molecule has 3 aromatic rings. The lowest BCUT2D eigenvalue weighted by molar-refractivity contribution is -0.384. The van der Waals surface area contributed by atoms with Crippen molar-refractivity contribution in [2.75, 3.05) is 0 Å². The Kier molecular flexibility index (Phi) is 7.74. The van der Waals surface area contributed by atoms with Gasteiger partial charge in [-0.2, -0.15) is 5.26 Å². The molecule has 0 radical (unpaired) electrons. The van der Waals surface area contributed by atoms with Gasteiger partial charge in [-0.3, -0.25) is 24.6 Å². The first kappa shape index (κ1) is 25.4. The van der Waals surface area contributed by atoms with E-state index >= 15 is 0 Å². The second-order valence-electron chi connectivity index (χ2n) is 7.56. The SMILES string of the molecule is N#Cc1ccccc1CN1C(=O)S/C(=C/c2cc(Cl)c(OCc3ccc([N+](=O)[O-])cc3)c(Br)c2)C1=O. The number of non-ortho nitro benzene ring substituents is 1. The van der Waals surface area contributed by atoms with Gasteiger partial charge >= 0.3 is 0 Å². The van der Waals surface area contributed by atoms with Crippen molar-refractivity contribution in [1.29, 1.82) is 5.26 Å². The second-order valence-corrected chi connectivity index (χ2v) is 9.82. The number of thioether (sulfide) groups is 1. The minimum atomic E-state index is -0.475. The molecular weight excluding hydrogens is 570 g/mol. The molecule has 0 atom stereocenters. The molecule has 36 heavy (non-hydrogen) atoms. The first-order valence-corrected chi connectivity index (χ1v) is 12.3. The van der Waals surface area contributed by atoms with E-state index in [0.717, 1.165) is 22.2 Å². The molecule has 0 N–H and O–H groups in total. The molecule has 180 valence electrons. The summed E-state index contributed by atoms with van der Waals surface area (Å²) in [5.41, 5.74) is 2.28. The van der Waals surface area contributed by atoms with Gasteiger partial charge < -0.3 is 4.74 Å². The number of benzene rings is 3. The number of nitro benzene ring substituents is 1. The van der Waals surface area contributed by atoms with E-state index in [-0.39, 0.29) is 28.8 Å². The van der Waals surface area contributed by atoms with Crippen molar-refractivity contribution in [3.63, 3.8) is 0 Å². The zero-order valence-electron chi connectivity index (χ0n) is 18.3. The van der Waals surface area contributed by atoms with E-state index < -0.39 is 16.1 Å². The van der Waals surface area contributed by atoms with Crippen molar-refractivity contribution >= 4 is 62.2 Å². The number of hydrogen-bond donors (Lipinski definition) is 0. The van der Waals surface area contributed by atoms with Crippen LogP contribution >= 0.6 is 39.3 Å². The molecule has 1 heterocycles. The molecule has 1 aliphatic heterocycles. The quantitative estimate of drug-likeness (QED) is 0.172. The van der Waals surface area contributed by atoms with E-state index in [9.17, 15) is 25.0 Å². The van der Waals surface area contributed by atoms with Crippen LogP contribution in [0.25, 0.3) is 6.08 Å². The van der Waals surface area contributed by atoms with Crippen molar-refractivity contribution < 1.29 is 19.2 Å². The Morgan fingerprint density at radius 2 is 1.89 bits per heavy atom. The monoisotopic (exact) mass is 583 g/mol. The van der Waals surface area contributed by atoms with E-state index in [2.05, 4.69) is 22.0 Å². The Morgan fingerprint density at radius 3 is 2.56 bits per heavy atom. The molecule has 2 amide bonds. The van der Waals surface area contributed by atoms with E-state index in [0.29, 0.717) is 26.9 Å². The number of amides is 2. The highest BCUT2D eigenvalue weighted by Crippen LogP contribution is 2.38. The zero-order valence-corrected chi connectivity index (χ0v) is 21.5. The van der Waals surface area contributed by atoms with Gasteiger partial charge in [0.15, 0.2) is 5.75 Å². The van der Waals surface area contributed by atoms with Crippen LogP contribution < -0.4 is 4.74 Å². The van der Waals surface area contributed by atoms with Gasteiger partial charge in [0.2, 0.25) is 0 Å².